The second-order valence-electron chi connectivity index (χ2n) is 11.7. The number of hydrogen-bond acceptors (Lipinski definition) is 6. The fraction of sp³-hybridized carbons (Fsp3) is 0.500. The molecular weight excluding hydrogens is 564 g/mol. The van der Waals surface area contributed by atoms with Gasteiger partial charge >= 0.3 is 11.9 Å². The van der Waals surface area contributed by atoms with E-state index in [9.17, 15) is 19.2 Å². The van der Waals surface area contributed by atoms with E-state index in [4.69, 9.17) is 21.1 Å². The van der Waals surface area contributed by atoms with E-state index in [0.717, 1.165) is 70.6 Å². The van der Waals surface area contributed by atoms with Gasteiger partial charge < -0.3 is 9.47 Å². The fourth-order valence-electron chi connectivity index (χ4n) is 6.29. The number of allylic oxidation sites excluding steroid dienone is 2. The second kappa shape index (κ2) is 16.6. The van der Waals surface area contributed by atoms with Crippen molar-refractivity contribution in [3.63, 3.8) is 0 Å². The van der Waals surface area contributed by atoms with Crippen molar-refractivity contribution in [1.82, 2.24) is 0 Å². The molecule has 0 aliphatic heterocycles. The molecular formula is C36H43ClO6. The summed E-state index contributed by atoms with van der Waals surface area (Å²) in [5, 5.41) is 0.707. The van der Waals surface area contributed by atoms with Gasteiger partial charge in [-0.05, 0) is 75.0 Å². The van der Waals surface area contributed by atoms with Crippen molar-refractivity contribution in [2.45, 2.75) is 103 Å². The van der Waals surface area contributed by atoms with Crippen LogP contribution in [0, 0.1) is 5.92 Å². The maximum atomic E-state index is 13.7. The number of halogens is 1. The molecule has 1 fully saturated rings. The van der Waals surface area contributed by atoms with Crippen molar-refractivity contribution < 1.29 is 28.7 Å². The maximum absolute atomic E-state index is 13.7. The summed E-state index contributed by atoms with van der Waals surface area (Å²) in [6.45, 7) is 2.25. The van der Waals surface area contributed by atoms with Gasteiger partial charge in [0.2, 0.25) is 5.78 Å². The first kappa shape index (κ1) is 32.7. The summed E-state index contributed by atoms with van der Waals surface area (Å²) in [4.78, 5) is 51.5. The minimum absolute atomic E-state index is 0.0635. The number of fused-ring (bicyclic) bond motifs is 1. The van der Waals surface area contributed by atoms with Gasteiger partial charge in [0.25, 0.3) is 0 Å². The first-order valence-corrected chi connectivity index (χ1v) is 16.3. The van der Waals surface area contributed by atoms with Crippen LogP contribution in [0.25, 0.3) is 0 Å². The van der Waals surface area contributed by atoms with Crippen molar-refractivity contribution in [1.29, 1.82) is 0 Å². The number of hydrogen-bond donors (Lipinski definition) is 0. The zero-order valence-electron chi connectivity index (χ0n) is 25.2. The summed E-state index contributed by atoms with van der Waals surface area (Å²) in [5.41, 5.74) is 2.29. The average Bonchev–Trinajstić information content (AvgIpc) is 3.01. The van der Waals surface area contributed by atoms with E-state index in [1.807, 2.05) is 19.1 Å². The van der Waals surface area contributed by atoms with E-state index in [1.54, 1.807) is 24.3 Å². The molecule has 230 valence electrons. The van der Waals surface area contributed by atoms with E-state index < -0.39 is 5.97 Å². The fourth-order valence-corrected chi connectivity index (χ4v) is 6.42. The van der Waals surface area contributed by atoms with Gasteiger partial charge in [-0.2, -0.15) is 0 Å². The molecule has 2 aromatic carbocycles. The molecule has 0 aromatic heterocycles. The Hall–Kier alpha value is -3.25. The Morgan fingerprint density at radius 2 is 1.21 bits per heavy atom. The maximum Gasteiger partial charge on any atom is 0.311 e. The smallest absolute Gasteiger partial charge is 0.311 e. The van der Waals surface area contributed by atoms with Gasteiger partial charge in [-0.15, -0.1) is 0 Å². The van der Waals surface area contributed by atoms with Crippen LogP contribution in [0.3, 0.4) is 0 Å². The second-order valence-corrected chi connectivity index (χ2v) is 12.1. The van der Waals surface area contributed by atoms with Crippen molar-refractivity contribution in [2.75, 3.05) is 6.61 Å². The van der Waals surface area contributed by atoms with E-state index in [2.05, 4.69) is 12.1 Å². The summed E-state index contributed by atoms with van der Waals surface area (Å²) in [6.07, 6.45) is 11.7. The molecule has 0 bridgehead atoms. The predicted molar refractivity (Wildman–Crippen MR) is 167 cm³/mol. The van der Waals surface area contributed by atoms with Crippen molar-refractivity contribution in [2.24, 2.45) is 5.92 Å². The average molecular weight is 607 g/mol. The number of ketones is 2. The molecule has 0 atom stereocenters. The van der Waals surface area contributed by atoms with Crippen LogP contribution in [0.1, 0.15) is 129 Å². The zero-order valence-corrected chi connectivity index (χ0v) is 26.0. The summed E-state index contributed by atoms with van der Waals surface area (Å²) < 4.78 is 10.7. The highest BCUT2D eigenvalue weighted by Crippen LogP contribution is 2.42. The number of carbonyl (C=O) groups is 4. The van der Waals surface area contributed by atoms with Crippen LogP contribution in [0.2, 0.25) is 5.02 Å². The minimum Gasteiger partial charge on any atom is -0.466 e. The minimum atomic E-state index is -0.457. The number of esters is 2. The SMILES string of the molecule is CCOC(=O)CCCCCCCCCCC(=O)OC1=C([C@H]2CC[C@H](c3ccc(Cl)cc3)CC2)C(=O)c2ccccc2C1=O. The van der Waals surface area contributed by atoms with Crippen LogP contribution < -0.4 is 0 Å². The van der Waals surface area contributed by atoms with Gasteiger partial charge in [-0.25, -0.2) is 0 Å². The lowest BCUT2D eigenvalue weighted by molar-refractivity contribution is -0.143. The topological polar surface area (TPSA) is 86.7 Å². The molecule has 0 spiro atoms. The molecule has 1 saturated carbocycles. The van der Waals surface area contributed by atoms with Crippen LogP contribution in [0.5, 0.6) is 0 Å². The first-order valence-electron chi connectivity index (χ1n) is 15.9. The van der Waals surface area contributed by atoms with Gasteiger partial charge in [0.15, 0.2) is 11.5 Å². The van der Waals surface area contributed by atoms with E-state index in [0.29, 0.717) is 47.1 Å². The van der Waals surface area contributed by atoms with Crippen LogP contribution in [-0.4, -0.2) is 30.1 Å². The summed E-state index contributed by atoms with van der Waals surface area (Å²) in [6, 6.07) is 14.7. The molecule has 0 unspecified atom stereocenters. The first-order chi connectivity index (χ1) is 20.9. The molecule has 2 aliphatic rings. The molecule has 0 amide bonds. The van der Waals surface area contributed by atoms with E-state index >= 15 is 0 Å². The molecule has 0 radical (unpaired) electrons. The highest BCUT2D eigenvalue weighted by Gasteiger charge is 2.39. The predicted octanol–water partition coefficient (Wildman–Crippen LogP) is 8.95. The summed E-state index contributed by atoms with van der Waals surface area (Å²) in [7, 11) is 0. The third kappa shape index (κ3) is 9.12. The number of rotatable bonds is 15. The Kier molecular flexibility index (Phi) is 12.6. The van der Waals surface area contributed by atoms with Gasteiger partial charge in [0.1, 0.15) is 0 Å². The molecule has 7 heteroatoms. The standard InChI is InChI=1S/C36H43ClO6/c1-2-42-31(38)15-9-7-5-3-4-6-8-10-16-32(39)43-36-33(34(40)29-13-11-12-14-30(29)35(36)41)27-19-17-25(18-20-27)26-21-23-28(37)24-22-26/h11-14,21-25,27H,2-10,15-20H2,1H3/t25-,27-. The van der Waals surface area contributed by atoms with Gasteiger partial charge in [-0.3, -0.25) is 19.2 Å². The summed E-state index contributed by atoms with van der Waals surface area (Å²) in [5.74, 6) is -0.980. The molecule has 0 saturated heterocycles. The Bertz CT molecular complexity index is 1300. The quantitative estimate of drug-likeness (QED) is 0.148. The lowest BCUT2D eigenvalue weighted by atomic mass is 9.72. The number of carbonyl (C=O) groups excluding carboxylic acids is 4. The molecule has 0 N–H and O–H groups in total. The van der Waals surface area contributed by atoms with Crippen LogP contribution in [0.4, 0.5) is 0 Å². The largest absolute Gasteiger partial charge is 0.466 e. The Morgan fingerprint density at radius 3 is 1.79 bits per heavy atom. The Labute approximate surface area is 260 Å². The number of ether oxygens (including phenoxy) is 2. The highest BCUT2D eigenvalue weighted by molar-refractivity contribution is 6.30. The van der Waals surface area contributed by atoms with Gasteiger partial charge in [0.05, 0.1) is 12.2 Å². The van der Waals surface area contributed by atoms with Crippen LogP contribution >= 0.6 is 11.6 Å². The third-order valence-electron chi connectivity index (χ3n) is 8.62. The highest BCUT2D eigenvalue weighted by atomic mass is 35.5. The molecule has 2 aliphatic carbocycles. The zero-order chi connectivity index (χ0) is 30.6. The van der Waals surface area contributed by atoms with Crippen LogP contribution in [-0.2, 0) is 19.1 Å². The summed E-state index contributed by atoms with van der Waals surface area (Å²) >= 11 is 6.07. The third-order valence-corrected chi connectivity index (χ3v) is 8.87. The molecule has 6 nitrogen and oxygen atoms in total. The van der Waals surface area contributed by atoms with E-state index in [-0.39, 0.29) is 35.6 Å². The number of benzene rings is 2. The van der Waals surface area contributed by atoms with Crippen molar-refractivity contribution in [3.05, 3.63) is 81.6 Å². The van der Waals surface area contributed by atoms with E-state index in [1.165, 1.54) is 5.56 Å². The van der Waals surface area contributed by atoms with Crippen molar-refractivity contribution >= 4 is 35.1 Å². The Balaban J connectivity index is 1.29. The lowest BCUT2D eigenvalue weighted by Crippen LogP contribution is -2.30. The van der Waals surface area contributed by atoms with Crippen LogP contribution in [0.15, 0.2) is 59.9 Å². The molecule has 43 heavy (non-hydrogen) atoms. The lowest BCUT2D eigenvalue weighted by Gasteiger charge is -2.32. The monoisotopic (exact) mass is 606 g/mol. The number of Topliss-reactive ketones (excluding diaryl/α,β-unsaturated/α-hetero) is 2. The Morgan fingerprint density at radius 1 is 0.698 bits per heavy atom. The van der Waals surface area contributed by atoms with Gasteiger partial charge in [0, 0.05) is 29.0 Å². The molecule has 0 heterocycles. The molecule has 4 rings (SSSR count). The van der Waals surface area contributed by atoms with Gasteiger partial charge in [-0.1, -0.05) is 86.5 Å². The van der Waals surface area contributed by atoms with Crippen molar-refractivity contribution in [3.8, 4) is 0 Å². The normalized spacial score (nSPS) is 18.4. The number of unbranched alkanes of at least 4 members (excludes halogenated alkanes) is 7. The molecule has 2 aromatic rings.